The van der Waals surface area contributed by atoms with Crippen molar-refractivity contribution in [3.05, 3.63) is 54.7 Å². The molecule has 2 N–H and O–H groups in total. The summed E-state index contributed by atoms with van der Waals surface area (Å²) in [4.78, 5) is 1.11. The standard InChI is InChI=1S/C14H11N3S/c15-11-5-7-12(8-6-11)18-14-13-4-2-1-3-10(13)9-16-17-14/h1-9H,15H2. The van der Waals surface area contributed by atoms with Crippen molar-refractivity contribution < 1.29 is 0 Å². The van der Waals surface area contributed by atoms with Crippen molar-refractivity contribution >= 4 is 28.2 Å². The van der Waals surface area contributed by atoms with Gasteiger partial charge in [-0.1, -0.05) is 36.0 Å². The summed E-state index contributed by atoms with van der Waals surface area (Å²) >= 11 is 1.60. The van der Waals surface area contributed by atoms with Crippen LogP contribution in [0.15, 0.2) is 64.6 Å². The fourth-order valence-corrected chi connectivity index (χ4v) is 2.60. The molecule has 0 aliphatic heterocycles. The van der Waals surface area contributed by atoms with Crippen LogP contribution in [0.4, 0.5) is 5.69 Å². The van der Waals surface area contributed by atoms with Crippen molar-refractivity contribution in [1.29, 1.82) is 0 Å². The second-order valence-corrected chi connectivity index (χ2v) is 4.97. The molecule has 3 nitrogen and oxygen atoms in total. The maximum atomic E-state index is 5.67. The maximum Gasteiger partial charge on any atom is 0.131 e. The molecule has 1 aromatic heterocycles. The molecule has 88 valence electrons. The van der Waals surface area contributed by atoms with Crippen LogP contribution in [0.1, 0.15) is 0 Å². The van der Waals surface area contributed by atoms with Crippen molar-refractivity contribution in [2.45, 2.75) is 9.92 Å². The lowest BCUT2D eigenvalue weighted by Crippen LogP contribution is -1.87. The third-order valence-corrected chi connectivity index (χ3v) is 3.63. The highest BCUT2D eigenvalue weighted by atomic mass is 32.2. The molecule has 0 fully saturated rings. The average Bonchev–Trinajstić information content (AvgIpc) is 2.42. The van der Waals surface area contributed by atoms with Crippen molar-refractivity contribution in [1.82, 2.24) is 10.2 Å². The number of hydrogen-bond donors (Lipinski definition) is 1. The van der Waals surface area contributed by atoms with Gasteiger partial charge in [-0.15, -0.1) is 5.10 Å². The molecule has 0 spiro atoms. The number of nitrogens with two attached hydrogens (primary N) is 1. The quantitative estimate of drug-likeness (QED) is 0.711. The van der Waals surface area contributed by atoms with Crippen LogP contribution < -0.4 is 5.73 Å². The van der Waals surface area contributed by atoms with Gasteiger partial charge in [0.1, 0.15) is 5.03 Å². The number of aromatic nitrogens is 2. The van der Waals surface area contributed by atoms with Gasteiger partial charge in [0.25, 0.3) is 0 Å². The van der Waals surface area contributed by atoms with Crippen LogP contribution >= 0.6 is 11.8 Å². The van der Waals surface area contributed by atoms with Crippen molar-refractivity contribution in [3.8, 4) is 0 Å². The van der Waals surface area contributed by atoms with Crippen LogP contribution in [0.25, 0.3) is 10.8 Å². The molecule has 3 rings (SSSR count). The summed E-state index contributed by atoms with van der Waals surface area (Å²) in [5.74, 6) is 0. The first-order valence-electron chi connectivity index (χ1n) is 5.57. The monoisotopic (exact) mass is 253 g/mol. The minimum absolute atomic E-state index is 0.767. The number of nitrogen functional groups attached to an aromatic ring is 1. The second kappa shape index (κ2) is 4.66. The molecule has 0 amide bonds. The fraction of sp³-hybridized carbons (Fsp3) is 0. The van der Waals surface area contributed by atoms with E-state index in [-0.39, 0.29) is 0 Å². The topological polar surface area (TPSA) is 51.8 Å². The van der Waals surface area contributed by atoms with E-state index in [0.29, 0.717) is 0 Å². The average molecular weight is 253 g/mol. The Bertz CT molecular complexity index is 675. The number of benzene rings is 2. The Balaban J connectivity index is 2.02. The van der Waals surface area contributed by atoms with Crippen LogP contribution in [0.2, 0.25) is 0 Å². The van der Waals surface area contributed by atoms with Gasteiger partial charge in [-0.3, -0.25) is 0 Å². The first kappa shape index (κ1) is 11.0. The predicted octanol–water partition coefficient (Wildman–Crippen LogP) is 3.36. The van der Waals surface area contributed by atoms with E-state index in [1.807, 2.05) is 42.5 Å². The van der Waals surface area contributed by atoms with Gasteiger partial charge < -0.3 is 5.73 Å². The maximum absolute atomic E-state index is 5.67. The molecule has 0 aliphatic carbocycles. The van der Waals surface area contributed by atoms with Crippen molar-refractivity contribution in [2.75, 3.05) is 5.73 Å². The van der Waals surface area contributed by atoms with E-state index in [4.69, 9.17) is 5.73 Å². The summed E-state index contributed by atoms with van der Waals surface area (Å²) in [7, 11) is 0. The van der Waals surface area contributed by atoms with Crippen molar-refractivity contribution in [2.24, 2.45) is 0 Å². The molecular formula is C14H11N3S. The lowest BCUT2D eigenvalue weighted by atomic mass is 10.2. The van der Waals surface area contributed by atoms with E-state index >= 15 is 0 Å². The molecule has 4 heteroatoms. The summed E-state index contributed by atoms with van der Waals surface area (Å²) in [6.45, 7) is 0. The minimum atomic E-state index is 0.767. The zero-order chi connectivity index (χ0) is 12.4. The first-order valence-corrected chi connectivity index (χ1v) is 6.38. The lowest BCUT2D eigenvalue weighted by molar-refractivity contribution is 0.956. The zero-order valence-corrected chi connectivity index (χ0v) is 10.4. The number of anilines is 1. The first-order chi connectivity index (χ1) is 8.83. The van der Waals surface area contributed by atoms with E-state index in [1.54, 1.807) is 18.0 Å². The zero-order valence-electron chi connectivity index (χ0n) is 9.58. The summed E-state index contributed by atoms with van der Waals surface area (Å²) in [6.07, 6.45) is 1.78. The van der Waals surface area contributed by atoms with Gasteiger partial charge >= 0.3 is 0 Å². The highest BCUT2D eigenvalue weighted by Crippen LogP contribution is 2.31. The van der Waals surface area contributed by atoms with E-state index in [2.05, 4.69) is 16.3 Å². The Morgan fingerprint density at radius 3 is 2.56 bits per heavy atom. The summed E-state index contributed by atoms with van der Waals surface area (Å²) in [6, 6.07) is 15.9. The van der Waals surface area contributed by atoms with E-state index in [0.717, 1.165) is 26.4 Å². The fourth-order valence-electron chi connectivity index (χ4n) is 1.72. The molecule has 1 heterocycles. The molecule has 0 radical (unpaired) electrons. The Morgan fingerprint density at radius 2 is 1.72 bits per heavy atom. The van der Waals surface area contributed by atoms with Gasteiger partial charge in [0, 0.05) is 21.4 Å². The van der Waals surface area contributed by atoms with Crippen LogP contribution in [-0.4, -0.2) is 10.2 Å². The van der Waals surface area contributed by atoms with E-state index in [1.165, 1.54) is 0 Å². The Kier molecular flexibility index (Phi) is 2.86. The predicted molar refractivity (Wildman–Crippen MR) is 74.5 cm³/mol. The van der Waals surface area contributed by atoms with Crippen LogP contribution in [0.5, 0.6) is 0 Å². The Morgan fingerprint density at radius 1 is 0.944 bits per heavy atom. The number of fused-ring (bicyclic) bond motifs is 1. The van der Waals surface area contributed by atoms with E-state index < -0.39 is 0 Å². The lowest BCUT2D eigenvalue weighted by Gasteiger charge is -2.04. The minimum Gasteiger partial charge on any atom is -0.399 e. The van der Waals surface area contributed by atoms with Crippen LogP contribution in [0, 0.1) is 0 Å². The van der Waals surface area contributed by atoms with Gasteiger partial charge in [-0.2, -0.15) is 5.10 Å². The summed E-state index contributed by atoms with van der Waals surface area (Å²) in [5.41, 5.74) is 6.44. The SMILES string of the molecule is Nc1ccc(Sc2nncc3ccccc23)cc1. The number of rotatable bonds is 2. The number of hydrogen-bond acceptors (Lipinski definition) is 4. The molecule has 3 aromatic rings. The second-order valence-electron chi connectivity index (χ2n) is 3.91. The van der Waals surface area contributed by atoms with Gasteiger partial charge in [-0.25, -0.2) is 0 Å². The largest absolute Gasteiger partial charge is 0.399 e. The van der Waals surface area contributed by atoms with E-state index in [9.17, 15) is 0 Å². The van der Waals surface area contributed by atoms with Gasteiger partial charge in [0.15, 0.2) is 0 Å². The molecule has 0 atom stereocenters. The van der Waals surface area contributed by atoms with Crippen molar-refractivity contribution in [3.63, 3.8) is 0 Å². The summed E-state index contributed by atoms with van der Waals surface area (Å²) < 4.78 is 0. The molecule has 18 heavy (non-hydrogen) atoms. The summed E-state index contributed by atoms with van der Waals surface area (Å²) in [5, 5.41) is 11.4. The highest BCUT2D eigenvalue weighted by molar-refractivity contribution is 7.99. The molecule has 0 saturated heterocycles. The molecule has 0 unspecified atom stereocenters. The van der Waals surface area contributed by atoms with Gasteiger partial charge in [0.05, 0.1) is 6.20 Å². The van der Waals surface area contributed by atoms with Gasteiger partial charge in [0.2, 0.25) is 0 Å². The Hall–Kier alpha value is -2.07. The van der Waals surface area contributed by atoms with Crippen LogP contribution in [-0.2, 0) is 0 Å². The Labute approximate surface area is 109 Å². The molecule has 0 aliphatic rings. The number of nitrogens with zero attached hydrogens (tertiary/aromatic N) is 2. The molecule has 0 saturated carbocycles. The van der Waals surface area contributed by atoms with Crippen LogP contribution in [0.3, 0.4) is 0 Å². The molecule has 2 aromatic carbocycles. The molecule has 0 bridgehead atoms. The third kappa shape index (κ3) is 2.15. The van der Waals surface area contributed by atoms with Gasteiger partial charge in [-0.05, 0) is 24.3 Å². The normalized spacial score (nSPS) is 10.7. The molecular weight excluding hydrogens is 242 g/mol. The smallest absolute Gasteiger partial charge is 0.131 e. The highest BCUT2D eigenvalue weighted by Gasteiger charge is 2.04. The third-order valence-electron chi connectivity index (χ3n) is 2.63.